The second-order valence-corrected chi connectivity index (χ2v) is 8.43. The van der Waals surface area contributed by atoms with Gasteiger partial charge in [-0.1, -0.05) is 23.7 Å². The van der Waals surface area contributed by atoms with Gasteiger partial charge in [0.2, 0.25) is 0 Å². The maximum Gasteiger partial charge on any atom is 0.261 e. The number of halogens is 2. The Hall–Kier alpha value is -2.94. The Balaban J connectivity index is 1.59. The molecule has 31 heavy (non-hydrogen) atoms. The number of amides is 1. The van der Waals surface area contributed by atoms with Gasteiger partial charge in [0.25, 0.3) is 11.5 Å². The lowest BCUT2D eigenvalue weighted by atomic mass is 10.2. The number of nitrogens with zero attached hydrogens (tertiary/aromatic N) is 1. The standard InChI is InChI=1S/C22H21ClFN3O3S/c1-2-4-14-5-3-10-27(22(14)30)15-6-7-18(17(24)11-15)25-12-16(28)13-26-21(29)19-8-9-20(23)31-19/h2-3,5-11,16,25,28H,1,4,12-13H2,(H,26,29)/t16-/m0/s1. The highest BCUT2D eigenvalue weighted by Crippen LogP contribution is 2.21. The molecule has 0 aliphatic heterocycles. The fraction of sp³-hybridized carbons (Fsp3) is 0.182. The number of hydrogen-bond acceptors (Lipinski definition) is 5. The van der Waals surface area contributed by atoms with Crippen LogP contribution in [0.15, 0.2) is 66.1 Å². The van der Waals surface area contributed by atoms with Crippen molar-refractivity contribution in [1.82, 2.24) is 9.88 Å². The van der Waals surface area contributed by atoms with Crippen LogP contribution in [-0.2, 0) is 6.42 Å². The number of rotatable bonds is 9. The summed E-state index contributed by atoms with van der Waals surface area (Å²) in [4.78, 5) is 24.9. The van der Waals surface area contributed by atoms with E-state index in [1.165, 1.54) is 16.7 Å². The van der Waals surface area contributed by atoms with E-state index in [0.29, 0.717) is 26.9 Å². The molecular weight excluding hydrogens is 441 g/mol. The highest BCUT2D eigenvalue weighted by molar-refractivity contribution is 7.17. The van der Waals surface area contributed by atoms with Gasteiger partial charge in [-0.05, 0) is 36.8 Å². The summed E-state index contributed by atoms with van der Waals surface area (Å²) in [5.41, 5.74) is 0.895. The smallest absolute Gasteiger partial charge is 0.261 e. The fourth-order valence-electron chi connectivity index (χ4n) is 2.88. The first-order valence-corrected chi connectivity index (χ1v) is 10.7. The number of aliphatic hydroxyl groups excluding tert-OH is 1. The predicted octanol–water partition coefficient (Wildman–Crippen LogP) is 3.62. The molecule has 0 saturated heterocycles. The lowest BCUT2D eigenvalue weighted by molar-refractivity contribution is 0.0926. The van der Waals surface area contributed by atoms with Crippen molar-refractivity contribution in [3.8, 4) is 5.69 Å². The highest BCUT2D eigenvalue weighted by Gasteiger charge is 2.13. The van der Waals surface area contributed by atoms with Gasteiger partial charge in [-0.3, -0.25) is 14.2 Å². The molecule has 1 atom stereocenters. The molecule has 3 rings (SSSR count). The second kappa shape index (κ2) is 10.4. The zero-order valence-corrected chi connectivity index (χ0v) is 18.0. The number of anilines is 1. The Labute approximate surface area is 187 Å². The van der Waals surface area contributed by atoms with Gasteiger partial charge in [0.1, 0.15) is 5.82 Å². The Kier molecular flexibility index (Phi) is 7.62. The molecule has 0 radical (unpaired) electrons. The summed E-state index contributed by atoms with van der Waals surface area (Å²) in [7, 11) is 0. The summed E-state index contributed by atoms with van der Waals surface area (Å²) in [5, 5.41) is 15.5. The maximum absolute atomic E-state index is 14.5. The molecular formula is C22H21ClFN3O3S. The van der Waals surface area contributed by atoms with Crippen LogP contribution in [0, 0.1) is 5.82 Å². The average Bonchev–Trinajstić information content (AvgIpc) is 3.19. The van der Waals surface area contributed by atoms with Crippen LogP contribution in [-0.4, -0.2) is 34.8 Å². The van der Waals surface area contributed by atoms with E-state index in [1.807, 2.05) is 0 Å². The normalized spacial score (nSPS) is 11.7. The van der Waals surface area contributed by atoms with Crippen LogP contribution in [0.1, 0.15) is 15.2 Å². The number of nitrogens with one attached hydrogen (secondary N) is 2. The SMILES string of the molecule is C=CCc1cccn(-c2ccc(NC[C@H](O)CNC(=O)c3ccc(Cl)s3)c(F)c2)c1=O. The van der Waals surface area contributed by atoms with E-state index in [0.717, 1.165) is 11.3 Å². The molecule has 162 valence electrons. The monoisotopic (exact) mass is 461 g/mol. The number of carbonyl (C=O) groups excluding carboxylic acids is 1. The summed E-state index contributed by atoms with van der Waals surface area (Å²) >= 11 is 6.94. The molecule has 0 fully saturated rings. The van der Waals surface area contributed by atoms with Crippen molar-refractivity contribution < 1.29 is 14.3 Å². The molecule has 2 heterocycles. The summed E-state index contributed by atoms with van der Waals surface area (Å²) in [6.45, 7) is 3.65. The van der Waals surface area contributed by atoms with Crippen molar-refractivity contribution in [3.63, 3.8) is 0 Å². The van der Waals surface area contributed by atoms with E-state index in [9.17, 15) is 19.1 Å². The van der Waals surface area contributed by atoms with E-state index in [2.05, 4.69) is 17.2 Å². The molecule has 9 heteroatoms. The number of thiophene rings is 1. The van der Waals surface area contributed by atoms with E-state index < -0.39 is 11.9 Å². The molecule has 6 nitrogen and oxygen atoms in total. The topological polar surface area (TPSA) is 83.4 Å². The Morgan fingerprint density at radius 2 is 2.10 bits per heavy atom. The lowest BCUT2D eigenvalue weighted by Crippen LogP contribution is -2.35. The molecule has 1 aromatic carbocycles. The number of hydrogen-bond donors (Lipinski definition) is 3. The van der Waals surface area contributed by atoms with Crippen LogP contribution >= 0.6 is 22.9 Å². The Morgan fingerprint density at radius 3 is 2.77 bits per heavy atom. The van der Waals surface area contributed by atoms with Crippen LogP contribution in [0.25, 0.3) is 5.69 Å². The largest absolute Gasteiger partial charge is 0.389 e. The first kappa shape index (κ1) is 22.7. The van der Waals surface area contributed by atoms with Gasteiger partial charge in [0.05, 0.1) is 26.7 Å². The molecule has 0 spiro atoms. The quantitative estimate of drug-likeness (QED) is 0.425. The molecule has 0 saturated carbocycles. The molecule has 0 bridgehead atoms. The number of aliphatic hydroxyl groups is 1. The van der Waals surface area contributed by atoms with Crippen molar-refractivity contribution in [1.29, 1.82) is 0 Å². The van der Waals surface area contributed by atoms with Gasteiger partial charge >= 0.3 is 0 Å². The van der Waals surface area contributed by atoms with Gasteiger partial charge in [-0.25, -0.2) is 4.39 Å². The van der Waals surface area contributed by atoms with Crippen molar-refractivity contribution in [2.24, 2.45) is 0 Å². The zero-order valence-electron chi connectivity index (χ0n) is 16.5. The van der Waals surface area contributed by atoms with Gasteiger partial charge < -0.3 is 15.7 Å². The second-order valence-electron chi connectivity index (χ2n) is 6.71. The molecule has 0 aliphatic carbocycles. The van der Waals surface area contributed by atoms with E-state index in [-0.39, 0.29) is 30.2 Å². The number of benzene rings is 1. The highest BCUT2D eigenvalue weighted by atomic mass is 35.5. The zero-order chi connectivity index (χ0) is 22.4. The van der Waals surface area contributed by atoms with Crippen LogP contribution in [0.2, 0.25) is 4.34 Å². The summed E-state index contributed by atoms with van der Waals surface area (Å²) < 4.78 is 16.4. The van der Waals surface area contributed by atoms with E-state index in [1.54, 1.807) is 42.6 Å². The molecule has 1 amide bonds. The molecule has 0 aliphatic rings. The number of allylic oxidation sites excluding steroid dienone is 1. The van der Waals surface area contributed by atoms with Gasteiger partial charge in [-0.2, -0.15) is 0 Å². The first-order valence-electron chi connectivity index (χ1n) is 9.46. The third-order valence-corrected chi connectivity index (χ3v) is 5.67. The van der Waals surface area contributed by atoms with Crippen LogP contribution in [0.3, 0.4) is 0 Å². The number of aromatic nitrogens is 1. The molecule has 0 unspecified atom stereocenters. The van der Waals surface area contributed by atoms with Crippen molar-refractivity contribution in [3.05, 3.63) is 92.3 Å². The van der Waals surface area contributed by atoms with Crippen LogP contribution in [0.4, 0.5) is 10.1 Å². The minimum atomic E-state index is -0.934. The van der Waals surface area contributed by atoms with Gasteiger partial charge in [0.15, 0.2) is 0 Å². The molecule has 3 N–H and O–H groups in total. The van der Waals surface area contributed by atoms with Crippen molar-refractivity contribution >= 4 is 34.5 Å². The number of carbonyl (C=O) groups is 1. The Morgan fingerprint density at radius 1 is 1.29 bits per heavy atom. The first-order chi connectivity index (χ1) is 14.9. The molecule has 2 aromatic heterocycles. The summed E-state index contributed by atoms with van der Waals surface area (Å²) in [6.07, 6.45) is 2.70. The summed E-state index contributed by atoms with van der Waals surface area (Å²) in [6, 6.07) is 11.0. The van der Waals surface area contributed by atoms with Crippen LogP contribution in [0.5, 0.6) is 0 Å². The minimum absolute atomic E-state index is 0.00740. The van der Waals surface area contributed by atoms with Crippen molar-refractivity contribution in [2.75, 3.05) is 18.4 Å². The minimum Gasteiger partial charge on any atom is -0.389 e. The maximum atomic E-state index is 14.5. The van der Waals surface area contributed by atoms with Gasteiger partial charge in [-0.15, -0.1) is 17.9 Å². The van der Waals surface area contributed by atoms with Gasteiger partial charge in [0, 0.05) is 30.9 Å². The number of pyridine rings is 1. The lowest BCUT2D eigenvalue weighted by Gasteiger charge is -2.15. The fourth-order valence-corrected chi connectivity index (χ4v) is 3.84. The van der Waals surface area contributed by atoms with Crippen molar-refractivity contribution in [2.45, 2.75) is 12.5 Å². The molecule has 3 aromatic rings. The summed E-state index contributed by atoms with van der Waals surface area (Å²) in [5.74, 6) is -0.904. The Bertz CT molecular complexity index is 1150. The third kappa shape index (κ3) is 5.81. The average molecular weight is 462 g/mol. The van der Waals surface area contributed by atoms with E-state index in [4.69, 9.17) is 11.6 Å². The van der Waals surface area contributed by atoms with E-state index >= 15 is 0 Å². The van der Waals surface area contributed by atoms with Crippen LogP contribution < -0.4 is 16.2 Å². The predicted molar refractivity (Wildman–Crippen MR) is 122 cm³/mol. The third-order valence-electron chi connectivity index (χ3n) is 4.44.